The van der Waals surface area contributed by atoms with Crippen LogP contribution in [-0.2, 0) is 9.59 Å². The fraction of sp³-hybridized carbons (Fsp3) is 0.286. The molecule has 1 rings (SSSR count). The molecule has 0 spiro atoms. The maximum Gasteiger partial charge on any atom is 0.243 e. The summed E-state index contributed by atoms with van der Waals surface area (Å²) in [6, 6.07) is 4.89. The van der Waals surface area contributed by atoms with Gasteiger partial charge in [-0.1, -0.05) is 23.4 Å². The summed E-state index contributed by atoms with van der Waals surface area (Å²) in [5.74, 6) is 4.96. The fourth-order valence-electron chi connectivity index (χ4n) is 1.34. The van der Waals surface area contributed by atoms with Crippen LogP contribution in [0.2, 0.25) is 5.02 Å². The number of nitrogens with one attached hydrogen (secondary N) is 2. The lowest BCUT2D eigenvalue weighted by Crippen LogP contribution is -2.31. The van der Waals surface area contributed by atoms with Crippen molar-refractivity contribution < 1.29 is 14.7 Å². The molecule has 0 radical (unpaired) electrons. The van der Waals surface area contributed by atoms with Crippen LogP contribution in [0.3, 0.4) is 0 Å². The van der Waals surface area contributed by atoms with E-state index in [9.17, 15) is 9.59 Å². The van der Waals surface area contributed by atoms with Crippen molar-refractivity contribution in [2.45, 2.75) is 13.3 Å². The molecule has 2 amide bonds. The SMILES string of the molecule is CC(=O)NCC(=O)Nc1ccc(Cl)cc1C#CCCO. The molecule has 20 heavy (non-hydrogen) atoms. The van der Waals surface area contributed by atoms with Crippen molar-refractivity contribution in [2.75, 3.05) is 18.5 Å². The molecule has 0 aliphatic rings. The summed E-state index contributed by atoms with van der Waals surface area (Å²) in [6.45, 7) is 1.20. The molecule has 0 saturated heterocycles. The third kappa shape index (κ3) is 5.74. The van der Waals surface area contributed by atoms with E-state index in [0.717, 1.165) is 0 Å². The smallest absolute Gasteiger partial charge is 0.243 e. The molecule has 0 aliphatic heterocycles. The van der Waals surface area contributed by atoms with Crippen LogP contribution in [-0.4, -0.2) is 30.1 Å². The minimum atomic E-state index is -0.354. The Balaban J connectivity index is 2.81. The number of aliphatic hydroxyl groups excluding tert-OH is 1. The van der Waals surface area contributed by atoms with Gasteiger partial charge in [0.1, 0.15) is 0 Å². The first-order chi connectivity index (χ1) is 9.52. The van der Waals surface area contributed by atoms with E-state index in [4.69, 9.17) is 16.7 Å². The first kappa shape index (κ1) is 16.0. The predicted octanol–water partition coefficient (Wildman–Crippen LogP) is 1.15. The Morgan fingerprint density at radius 3 is 2.80 bits per heavy atom. The van der Waals surface area contributed by atoms with Crippen molar-refractivity contribution >= 4 is 29.1 Å². The summed E-state index contributed by atoms with van der Waals surface area (Å²) in [7, 11) is 0. The summed E-state index contributed by atoms with van der Waals surface area (Å²) in [4.78, 5) is 22.4. The molecule has 1 aromatic rings. The zero-order valence-electron chi connectivity index (χ0n) is 11.0. The van der Waals surface area contributed by atoms with E-state index < -0.39 is 0 Å². The van der Waals surface area contributed by atoms with E-state index in [1.165, 1.54) is 6.92 Å². The van der Waals surface area contributed by atoms with E-state index >= 15 is 0 Å². The zero-order valence-corrected chi connectivity index (χ0v) is 11.8. The van der Waals surface area contributed by atoms with Gasteiger partial charge < -0.3 is 15.7 Å². The number of benzene rings is 1. The lowest BCUT2D eigenvalue weighted by molar-refractivity contribution is -0.122. The van der Waals surface area contributed by atoms with E-state index in [1.54, 1.807) is 18.2 Å². The molecule has 0 fully saturated rings. The average molecular weight is 295 g/mol. The standard InChI is InChI=1S/C14H15ClN2O3/c1-10(19)16-9-14(20)17-13-6-5-12(15)8-11(13)4-2-3-7-18/h5-6,8,18H,3,7,9H2,1H3,(H,16,19)(H,17,20). The molecule has 0 bridgehead atoms. The van der Waals surface area contributed by atoms with Crippen LogP contribution in [0.5, 0.6) is 0 Å². The van der Waals surface area contributed by atoms with Crippen molar-refractivity contribution in [1.82, 2.24) is 5.32 Å². The Bertz CT molecular complexity index is 561. The number of hydrogen-bond donors (Lipinski definition) is 3. The van der Waals surface area contributed by atoms with E-state index in [1.807, 2.05) is 0 Å². The molecular weight excluding hydrogens is 280 g/mol. The van der Waals surface area contributed by atoms with Crippen LogP contribution in [0.4, 0.5) is 5.69 Å². The summed E-state index contributed by atoms with van der Waals surface area (Å²) >= 11 is 5.88. The highest BCUT2D eigenvalue weighted by molar-refractivity contribution is 6.30. The van der Waals surface area contributed by atoms with Gasteiger partial charge in [-0.15, -0.1) is 0 Å². The van der Waals surface area contributed by atoms with Gasteiger partial charge in [-0.3, -0.25) is 9.59 Å². The van der Waals surface area contributed by atoms with Crippen molar-refractivity contribution in [3.05, 3.63) is 28.8 Å². The van der Waals surface area contributed by atoms with Crippen LogP contribution in [0.15, 0.2) is 18.2 Å². The molecule has 106 valence electrons. The molecule has 6 heteroatoms. The lowest BCUT2D eigenvalue weighted by atomic mass is 10.1. The second kappa shape index (κ2) is 8.20. The maximum atomic E-state index is 11.6. The number of carbonyl (C=O) groups is 2. The minimum Gasteiger partial charge on any atom is -0.395 e. The van der Waals surface area contributed by atoms with Gasteiger partial charge in [0.25, 0.3) is 0 Å². The van der Waals surface area contributed by atoms with Gasteiger partial charge in [0, 0.05) is 23.9 Å². The number of rotatable bonds is 4. The number of amides is 2. The number of aliphatic hydroxyl groups is 1. The summed E-state index contributed by atoms with van der Waals surface area (Å²) in [5, 5.41) is 14.2. The summed E-state index contributed by atoms with van der Waals surface area (Å²) < 4.78 is 0. The Kier molecular flexibility index (Phi) is 6.57. The van der Waals surface area contributed by atoms with Crippen molar-refractivity contribution in [1.29, 1.82) is 0 Å². The van der Waals surface area contributed by atoms with Gasteiger partial charge in [0.15, 0.2) is 0 Å². The molecule has 0 aliphatic carbocycles. The van der Waals surface area contributed by atoms with Crippen LogP contribution < -0.4 is 10.6 Å². The summed E-state index contributed by atoms with van der Waals surface area (Å²) in [5.41, 5.74) is 1.07. The largest absolute Gasteiger partial charge is 0.395 e. The normalized spacial score (nSPS) is 9.35. The van der Waals surface area contributed by atoms with Gasteiger partial charge >= 0.3 is 0 Å². The Morgan fingerprint density at radius 2 is 2.15 bits per heavy atom. The molecule has 0 unspecified atom stereocenters. The van der Waals surface area contributed by atoms with Crippen LogP contribution in [0.1, 0.15) is 18.9 Å². The Morgan fingerprint density at radius 1 is 1.40 bits per heavy atom. The highest BCUT2D eigenvalue weighted by Crippen LogP contribution is 2.19. The van der Waals surface area contributed by atoms with Gasteiger partial charge in [-0.25, -0.2) is 0 Å². The zero-order chi connectivity index (χ0) is 15.0. The molecule has 5 nitrogen and oxygen atoms in total. The van der Waals surface area contributed by atoms with Crippen molar-refractivity contribution in [3.8, 4) is 11.8 Å². The monoisotopic (exact) mass is 294 g/mol. The van der Waals surface area contributed by atoms with E-state index in [0.29, 0.717) is 22.7 Å². The van der Waals surface area contributed by atoms with Crippen molar-refractivity contribution in [2.24, 2.45) is 0 Å². The third-order valence-corrected chi connectivity index (χ3v) is 2.45. The van der Waals surface area contributed by atoms with Crippen LogP contribution in [0, 0.1) is 11.8 Å². The predicted molar refractivity (Wildman–Crippen MR) is 77.3 cm³/mol. The van der Waals surface area contributed by atoms with Crippen molar-refractivity contribution in [3.63, 3.8) is 0 Å². The highest BCUT2D eigenvalue weighted by atomic mass is 35.5. The Labute approximate surface area is 122 Å². The Hall–Kier alpha value is -2.03. The van der Waals surface area contributed by atoms with Gasteiger partial charge in [0.05, 0.1) is 18.8 Å². The third-order valence-electron chi connectivity index (χ3n) is 2.21. The molecule has 0 atom stereocenters. The topological polar surface area (TPSA) is 78.4 Å². The van der Waals surface area contributed by atoms with Gasteiger partial charge in [0.2, 0.25) is 11.8 Å². The van der Waals surface area contributed by atoms with Gasteiger partial charge in [-0.2, -0.15) is 0 Å². The number of carbonyl (C=O) groups excluding carboxylic acids is 2. The first-order valence-corrected chi connectivity index (χ1v) is 6.34. The first-order valence-electron chi connectivity index (χ1n) is 5.96. The van der Waals surface area contributed by atoms with Crippen LogP contribution in [0.25, 0.3) is 0 Å². The fourth-order valence-corrected chi connectivity index (χ4v) is 1.51. The highest BCUT2D eigenvalue weighted by Gasteiger charge is 2.06. The second-order valence-electron chi connectivity index (χ2n) is 3.92. The lowest BCUT2D eigenvalue weighted by Gasteiger charge is -2.08. The van der Waals surface area contributed by atoms with Gasteiger partial charge in [-0.05, 0) is 18.2 Å². The molecule has 0 aromatic heterocycles. The molecule has 3 N–H and O–H groups in total. The van der Waals surface area contributed by atoms with Crippen LogP contribution >= 0.6 is 11.6 Å². The second-order valence-corrected chi connectivity index (χ2v) is 4.36. The van der Waals surface area contributed by atoms with E-state index in [-0.39, 0.29) is 25.0 Å². The summed E-state index contributed by atoms with van der Waals surface area (Å²) in [6.07, 6.45) is 0.339. The molecule has 0 saturated carbocycles. The molecule has 0 heterocycles. The average Bonchev–Trinajstić information content (AvgIpc) is 2.39. The minimum absolute atomic E-state index is 0.0300. The molecule has 1 aromatic carbocycles. The maximum absolute atomic E-state index is 11.6. The van der Waals surface area contributed by atoms with E-state index in [2.05, 4.69) is 22.5 Å². The molecular formula is C14H15ClN2O3. The number of hydrogen-bond acceptors (Lipinski definition) is 3. The number of anilines is 1. The quantitative estimate of drug-likeness (QED) is 0.729. The number of halogens is 1.